The molecule has 0 atom stereocenters. The number of nitrogens with zero attached hydrogens (tertiary/aromatic N) is 3. The molecule has 148 valence electrons. The van der Waals surface area contributed by atoms with Gasteiger partial charge in [-0.2, -0.15) is 0 Å². The first-order valence-electron chi connectivity index (χ1n) is 9.74. The summed E-state index contributed by atoms with van der Waals surface area (Å²) in [7, 11) is 0. The van der Waals surface area contributed by atoms with Crippen molar-refractivity contribution < 1.29 is 13.9 Å². The Labute approximate surface area is 164 Å². The van der Waals surface area contributed by atoms with Crippen molar-refractivity contribution >= 4 is 11.6 Å². The Bertz CT molecular complexity index is 874. The molecule has 4 rings (SSSR count). The number of nitrogens with one attached hydrogen (secondary N) is 1. The van der Waals surface area contributed by atoms with Gasteiger partial charge in [-0.15, -0.1) is 0 Å². The second-order valence-corrected chi connectivity index (χ2v) is 7.59. The fourth-order valence-corrected chi connectivity index (χ4v) is 3.38. The minimum Gasteiger partial charge on any atom is -0.492 e. The van der Waals surface area contributed by atoms with Gasteiger partial charge in [-0.05, 0) is 64.4 Å². The van der Waals surface area contributed by atoms with Gasteiger partial charge in [-0.25, -0.2) is 14.4 Å². The van der Waals surface area contributed by atoms with Gasteiger partial charge >= 0.3 is 0 Å². The van der Waals surface area contributed by atoms with Crippen molar-refractivity contribution in [3.05, 3.63) is 35.9 Å². The van der Waals surface area contributed by atoms with Crippen LogP contribution in [0.4, 0.5) is 10.1 Å². The Morgan fingerprint density at radius 1 is 1.25 bits per heavy atom. The number of hydrogen-bond acceptors (Lipinski definition) is 5. The van der Waals surface area contributed by atoms with Gasteiger partial charge in [0.25, 0.3) is 5.91 Å². The average Bonchev–Trinajstić information content (AvgIpc) is 3.37. The molecule has 7 heteroatoms. The Kier molecular flexibility index (Phi) is 5.02. The van der Waals surface area contributed by atoms with Crippen molar-refractivity contribution in [3.8, 4) is 16.9 Å². The molecule has 1 aromatic carbocycles. The van der Waals surface area contributed by atoms with Crippen molar-refractivity contribution in [1.29, 1.82) is 0 Å². The number of carbonyl (C=O) groups excluding carboxylic acids is 1. The van der Waals surface area contributed by atoms with Crippen LogP contribution in [0.1, 0.15) is 30.7 Å². The molecule has 1 aliphatic heterocycles. The zero-order chi connectivity index (χ0) is 19.7. The summed E-state index contributed by atoms with van der Waals surface area (Å²) in [6, 6.07) is 5.40. The van der Waals surface area contributed by atoms with Crippen LogP contribution < -0.4 is 10.1 Å². The van der Waals surface area contributed by atoms with E-state index in [4.69, 9.17) is 4.74 Å². The maximum atomic E-state index is 14.0. The summed E-state index contributed by atoms with van der Waals surface area (Å²) in [4.78, 5) is 23.1. The molecule has 2 aliphatic rings. The largest absolute Gasteiger partial charge is 0.492 e. The molecule has 1 aliphatic carbocycles. The van der Waals surface area contributed by atoms with Crippen LogP contribution in [0.5, 0.6) is 5.75 Å². The molecule has 1 N–H and O–H groups in total. The summed E-state index contributed by atoms with van der Waals surface area (Å²) in [5, 5.41) is 2.69. The highest BCUT2D eigenvalue weighted by atomic mass is 19.1. The second-order valence-electron chi connectivity index (χ2n) is 7.59. The molecule has 0 spiro atoms. The van der Waals surface area contributed by atoms with Gasteiger partial charge in [0, 0.05) is 34.7 Å². The number of hydrogen-bond donors (Lipinski definition) is 1. The summed E-state index contributed by atoms with van der Waals surface area (Å²) in [5.41, 5.74) is 2.16. The van der Waals surface area contributed by atoms with Crippen molar-refractivity contribution in [2.45, 2.75) is 38.8 Å². The van der Waals surface area contributed by atoms with Gasteiger partial charge in [0.1, 0.15) is 18.7 Å². The van der Waals surface area contributed by atoms with Gasteiger partial charge < -0.3 is 10.1 Å². The first-order valence-corrected chi connectivity index (χ1v) is 9.74. The molecule has 2 fully saturated rings. The molecule has 6 nitrogen and oxygen atoms in total. The van der Waals surface area contributed by atoms with Gasteiger partial charge in [0.15, 0.2) is 5.67 Å². The van der Waals surface area contributed by atoms with Crippen LogP contribution in [-0.2, 0) is 4.79 Å². The number of carbonyl (C=O) groups is 1. The number of halogens is 1. The molecule has 28 heavy (non-hydrogen) atoms. The van der Waals surface area contributed by atoms with Crippen LogP contribution in [0.2, 0.25) is 0 Å². The van der Waals surface area contributed by atoms with Crippen molar-refractivity contribution in [3.63, 3.8) is 0 Å². The lowest BCUT2D eigenvalue weighted by Crippen LogP contribution is -2.39. The highest BCUT2D eigenvalue weighted by Gasteiger charge is 2.50. The van der Waals surface area contributed by atoms with Gasteiger partial charge in [0.05, 0.1) is 0 Å². The normalized spacial score (nSPS) is 17.7. The number of ether oxygens (including phenoxy) is 1. The summed E-state index contributed by atoms with van der Waals surface area (Å²) >= 11 is 0. The molecule has 1 amide bonds. The molecule has 1 saturated heterocycles. The third-order valence-corrected chi connectivity index (χ3v) is 5.44. The first kappa shape index (κ1) is 18.8. The lowest BCUT2D eigenvalue weighted by Gasteiger charge is -2.30. The Balaban J connectivity index is 1.61. The van der Waals surface area contributed by atoms with E-state index in [1.54, 1.807) is 6.07 Å². The Hall–Kier alpha value is -2.54. The molecule has 1 saturated carbocycles. The summed E-state index contributed by atoms with van der Waals surface area (Å²) in [6.45, 7) is 7.54. The fraction of sp³-hybridized carbons (Fsp3) is 0.476. The van der Waals surface area contributed by atoms with Crippen LogP contribution >= 0.6 is 0 Å². The molecular formula is C21H25FN4O2. The smallest absolute Gasteiger partial charge is 0.262 e. The van der Waals surface area contributed by atoms with E-state index in [9.17, 15) is 9.18 Å². The minimum atomic E-state index is -1.71. The molecule has 0 radical (unpaired) electrons. The Morgan fingerprint density at radius 2 is 1.96 bits per heavy atom. The van der Waals surface area contributed by atoms with E-state index in [-0.39, 0.29) is 12.8 Å². The molecule has 0 unspecified atom stereocenters. The zero-order valence-corrected chi connectivity index (χ0v) is 16.3. The van der Waals surface area contributed by atoms with E-state index < -0.39 is 11.6 Å². The minimum absolute atomic E-state index is 0.286. The summed E-state index contributed by atoms with van der Waals surface area (Å²) in [5.74, 6) is 0.128. The summed E-state index contributed by atoms with van der Waals surface area (Å²) in [6.07, 6.45) is 3.35. The van der Waals surface area contributed by atoms with Crippen molar-refractivity contribution in [2.75, 3.05) is 31.6 Å². The number of aryl methyl sites for hydroxylation is 2. The lowest BCUT2D eigenvalue weighted by molar-refractivity contribution is -0.122. The standard InChI is InChI=1S/C21H25FN4O2/c1-14-19(15(2)24-13-23-14)17-12-16(25-20(27)21(22)6-7-21)4-5-18(17)28-11-10-26-8-3-9-26/h4-5,12-13H,3,6-11H2,1-2H3,(H,25,27). The highest BCUT2D eigenvalue weighted by Crippen LogP contribution is 2.41. The van der Waals surface area contributed by atoms with Gasteiger partial charge in [-0.3, -0.25) is 9.69 Å². The molecule has 2 heterocycles. The summed E-state index contributed by atoms with van der Waals surface area (Å²) < 4.78 is 20.1. The molecule has 2 aromatic rings. The number of benzene rings is 1. The van der Waals surface area contributed by atoms with Crippen LogP contribution in [0, 0.1) is 13.8 Å². The lowest BCUT2D eigenvalue weighted by atomic mass is 10.0. The average molecular weight is 384 g/mol. The van der Waals surface area contributed by atoms with E-state index in [0.717, 1.165) is 42.1 Å². The predicted octanol–water partition coefficient (Wildman–Crippen LogP) is 3.29. The topological polar surface area (TPSA) is 67.3 Å². The van der Waals surface area contributed by atoms with Crippen LogP contribution in [0.3, 0.4) is 0 Å². The quantitative estimate of drug-likeness (QED) is 0.793. The second kappa shape index (κ2) is 7.47. The van der Waals surface area contributed by atoms with Crippen LogP contribution in [0.25, 0.3) is 11.1 Å². The number of rotatable bonds is 7. The maximum Gasteiger partial charge on any atom is 0.262 e. The van der Waals surface area contributed by atoms with Crippen molar-refractivity contribution in [2.24, 2.45) is 0 Å². The van der Waals surface area contributed by atoms with E-state index in [0.29, 0.717) is 18.0 Å². The molecular weight excluding hydrogens is 359 g/mol. The number of likely N-dealkylation sites (tertiary alicyclic amines) is 1. The van der Waals surface area contributed by atoms with Gasteiger partial charge in [-0.1, -0.05) is 0 Å². The number of alkyl halides is 1. The number of aromatic nitrogens is 2. The van der Waals surface area contributed by atoms with Crippen LogP contribution in [-0.4, -0.2) is 52.7 Å². The third kappa shape index (κ3) is 3.85. The van der Waals surface area contributed by atoms with E-state index in [1.807, 2.05) is 26.0 Å². The van der Waals surface area contributed by atoms with E-state index in [2.05, 4.69) is 20.2 Å². The Morgan fingerprint density at radius 3 is 2.57 bits per heavy atom. The third-order valence-electron chi connectivity index (χ3n) is 5.44. The fourth-order valence-electron chi connectivity index (χ4n) is 3.38. The van der Waals surface area contributed by atoms with Crippen LogP contribution in [0.15, 0.2) is 24.5 Å². The SMILES string of the molecule is Cc1ncnc(C)c1-c1cc(NC(=O)C2(F)CC2)ccc1OCCN1CCC1. The maximum absolute atomic E-state index is 14.0. The molecule has 0 bridgehead atoms. The van der Waals surface area contributed by atoms with E-state index >= 15 is 0 Å². The monoisotopic (exact) mass is 384 g/mol. The van der Waals surface area contributed by atoms with E-state index in [1.165, 1.54) is 12.7 Å². The zero-order valence-electron chi connectivity index (χ0n) is 16.3. The highest BCUT2D eigenvalue weighted by molar-refractivity contribution is 6.00. The predicted molar refractivity (Wildman–Crippen MR) is 105 cm³/mol. The number of anilines is 1. The van der Waals surface area contributed by atoms with Crippen molar-refractivity contribution in [1.82, 2.24) is 14.9 Å². The van der Waals surface area contributed by atoms with Gasteiger partial charge in [0.2, 0.25) is 0 Å². The molecule has 1 aromatic heterocycles. The number of amides is 1. The first-order chi connectivity index (χ1) is 13.5.